The van der Waals surface area contributed by atoms with Gasteiger partial charge in [0.05, 0.1) is 5.69 Å². The molecular formula is C23H25N7O2S. The molecular weight excluding hydrogens is 438 g/mol. The fourth-order valence-electron chi connectivity index (χ4n) is 4.09. The van der Waals surface area contributed by atoms with Crippen LogP contribution in [-0.4, -0.2) is 39.2 Å². The largest absolute Gasteiger partial charge is 0.338 e. The van der Waals surface area contributed by atoms with E-state index in [1.807, 2.05) is 54.6 Å². The number of aromatic nitrogens is 2. The summed E-state index contributed by atoms with van der Waals surface area (Å²) in [6.45, 7) is 2.19. The summed E-state index contributed by atoms with van der Waals surface area (Å²) in [6, 6.07) is 20.3. The second kappa shape index (κ2) is 9.47. The summed E-state index contributed by atoms with van der Waals surface area (Å²) >= 11 is 1.26. The van der Waals surface area contributed by atoms with Crippen molar-refractivity contribution < 1.29 is 9.59 Å². The Kier molecular flexibility index (Phi) is 6.47. The molecule has 1 fully saturated rings. The number of nitrogens with one attached hydrogen (secondary N) is 3. The van der Waals surface area contributed by atoms with Crippen molar-refractivity contribution in [2.45, 2.75) is 17.5 Å². The van der Waals surface area contributed by atoms with Crippen LogP contribution in [0.3, 0.4) is 0 Å². The molecule has 9 nitrogen and oxygen atoms in total. The third-order valence-electron chi connectivity index (χ3n) is 5.46. The van der Waals surface area contributed by atoms with Gasteiger partial charge < -0.3 is 10.2 Å². The lowest BCUT2D eigenvalue weighted by molar-refractivity contribution is -0.124. The fraction of sp³-hybridized carbons (Fsp3) is 0.217. The highest BCUT2D eigenvalue weighted by Gasteiger charge is 2.63. The molecule has 5 N–H and O–H groups in total. The van der Waals surface area contributed by atoms with Crippen molar-refractivity contribution in [3.8, 4) is 0 Å². The summed E-state index contributed by atoms with van der Waals surface area (Å²) in [5, 5.41) is 5.57. The summed E-state index contributed by atoms with van der Waals surface area (Å²) in [4.78, 5) is 35.6. The van der Waals surface area contributed by atoms with Gasteiger partial charge >= 0.3 is 6.03 Å². The first kappa shape index (κ1) is 22.6. The van der Waals surface area contributed by atoms with Gasteiger partial charge in [0, 0.05) is 24.7 Å². The van der Waals surface area contributed by atoms with E-state index in [-0.39, 0.29) is 0 Å². The van der Waals surface area contributed by atoms with Gasteiger partial charge in [-0.15, -0.1) is 0 Å². The van der Waals surface area contributed by atoms with E-state index in [9.17, 15) is 9.59 Å². The van der Waals surface area contributed by atoms with E-state index in [1.54, 1.807) is 36.4 Å². The molecule has 2 atom stereocenters. The van der Waals surface area contributed by atoms with Crippen molar-refractivity contribution in [3.05, 3.63) is 90.4 Å². The number of hydrazine groups is 1. The molecule has 33 heavy (non-hydrogen) atoms. The lowest BCUT2D eigenvalue weighted by Crippen LogP contribution is -2.70. The van der Waals surface area contributed by atoms with Gasteiger partial charge in [-0.1, -0.05) is 54.2 Å². The number of carbonyl (C=O) groups is 2. The molecule has 3 aromatic rings. The number of carbonyl (C=O) groups excluding carboxylic acids is 2. The van der Waals surface area contributed by atoms with E-state index >= 15 is 0 Å². The van der Waals surface area contributed by atoms with Crippen LogP contribution in [0.2, 0.25) is 0 Å². The Morgan fingerprint density at radius 2 is 1.73 bits per heavy atom. The SMILES string of the molecule is CCNC(=O)NC1(C(=O)NN)SCC(c2ccccc2)(c2ccccn2)N1c1ccccn1. The quantitative estimate of drug-likeness (QED) is 0.250. The number of pyridine rings is 2. The van der Waals surface area contributed by atoms with Gasteiger partial charge in [0.1, 0.15) is 11.4 Å². The Morgan fingerprint density at radius 3 is 2.33 bits per heavy atom. The number of anilines is 1. The van der Waals surface area contributed by atoms with Crippen molar-refractivity contribution in [2.75, 3.05) is 17.2 Å². The van der Waals surface area contributed by atoms with Crippen molar-refractivity contribution in [1.29, 1.82) is 0 Å². The number of nitrogens with zero attached hydrogens (tertiary/aromatic N) is 3. The minimum Gasteiger partial charge on any atom is -0.338 e. The van der Waals surface area contributed by atoms with Crippen LogP contribution in [0.4, 0.5) is 10.6 Å². The molecule has 3 amide bonds. The summed E-state index contributed by atoms with van der Waals surface area (Å²) in [5.41, 5.74) is 2.91. The predicted molar refractivity (Wildman–Crippen MR) is 128 cm³/mol. The second-order valence-electron chi connectivity index (χ2n) is 7.36. The van der Waals surface area contributed by atoms with Crippen LogP contribution in [0.1, 0.15) is 18.2 Å². The number of hydrogen-bond donors (Lipinski definition) is 4. The first-order chi connectivity index (χ1) is 16.1. The van der Waals surface area contributed by atoms with Crippen LogP contribution in [0.15, 0.2) is 79.1 Å². The minimum absolute atomic E-state index is 0.393. The maximum Gasteiger partial charge on any atom is 0.317 e. The number of hydrogen-bond acceptors (Lipinski definition) is 7. The Bertz CT molecular complexity index is 1060. The van der Waals surface area contributed by atoms with Crippen LogP contribution >= 0.6 is 11.8 Å². The molecule has 1 aliphatic heterocycles. The molecule has 2 aromatic heterocycles. The molecule has 0 spiro atoms. The average Bonchev–Trinajstić information content (AvgIpc) is 3.22. The van der Waals surface area contributed by atoms with Crippen molar-refractivity contribution in [3.63, 3.8) is 0 Å². The smallest absolute Gasteiger partial charge is 0.317 e. The first-order valence-corrected chi connectivity index (χ1v) is 11.5. The number of nitrogens with two attached hydrogens (primary N) is 1. The average molecular weight is 464 g/mol. The van der Waals surface area contributed by atoms with Gasteiger partial charge in [-0.25, -0.2) is 15.6 Å². The Labute approximate surface area is 196 Å². The number of benzene rings is 1. The normalized spacial score (nSPS) is 21.9. The van der Waals surface area contributed by atoms with Gasteiger partial charge in [0.2, 0.25) is 4.99 Å². The van der Waals surface area contributed by atoms with Crippen LogP contribution in [0.5, 0.6) is 0 Å². The van der Waals surface area contributed by atoms with Gasteiger partial charge in [0.15, 0.2) is 0 Å². The highest BCUT2D eigenvalue weighted by molar-refractivity contribution is 8.01. The molecule has 0 aliphatic carbocycles. The fourth-order valence-corrected chi connectivity index (χ4v) is 5.69. The molecule has 4 rings (SSSR count). The Morgan fingerprint density at radius 1 is 1.03 bits per heavy atom. The van der Waals surface area contributed by atoms with Crippen molar-refractivity contribution in [1.82, 2.24) is 26.0 Å². The maximum atomic E-state index is 13.4. The van der Waals surface area contributed by atoms with Gasteiger partial charge in [-0.3, -0.25) is 20.5 Å². The molecule has 2 unspecified atom stereocenters. The molecule has 170 valence electrons. The molecule has 1 aliphatic rings. The number of rotatable bonds is 6. The van der Waals surface area contributed by atoms with Crippen molar-refractivity contribution in [2.24, 2.45) is 5.84 Å². The van der Waals surface area contributed by atoms with E-state index in [0.29, 0.717) is 23.8 Å². The molecule has 1 aromatic carbocycles. The van der Waals surface area contributed by atoms with Crippen LogP contribution in [0.25, 0.3) is 0 Å². The summed E-state index contributed by atoms with van der Waals surface area (Å²) in [7, 11) is 0. The monoisotopic (exact) mass is 463 g/mol. The van der Waals surface area contributed by atoms with Crippen LogP contribution in [-0.2, 0) is 10.3 Å². The number of amides is 3. The van der Waals surface area contributed by atoms with Gasteiger partial charge in [-0.2, -0.15) is 0 Å². The Balaban J connectivity index is 2.02. The van der Waals surface area contributed by atoms with Crippen LogP contribution in [0, 0.1) is 0 Å². The molecule has 0 radical (unpaired) electrons. The first-order valence-electron chi connectivity index (χ1n) is 10.5. The van der Waals surface area contributed by atoms with Gasteiger partial charge in [-0.05, 0) is 36.8 Å². The lowest BCUT2D eigenvalue weighted by atomic mass is 9.85. The topological polar surface area (TPSA) is 125 Å². The maximum absolute atomic E-state index is 13.4. The van der Waals surface area contributed by atoms with E-state index in [1.165, 1.54) is 11.8 Å². The van der Waals surface area contributed by atoms with E-state index in [0.717, 1.165) is 5.56 Å². The van der Waals surface area contributed by atoms with E-state index in [2.05, 4.69) is 26.0 Å². The predicted octanol–water partition coefficient (Wildman–Crippen LogP) is 1.94. The molecule has 0 saturated carbocycles. The highest BCUT2D eigenvalue weighted by atomic mass is 32.2. The third kappa shape index (κ3) is 3.87. The minimum atomic E-state index is -1.60. The second-order valence-corrected chi connectivity index (χ2v) is 8.52. The standard InChI is InChI=1S/C23H25N7O2S/c1-2-25-21(32)28-23(20(31)29-24)30(19-13-7-9-15-27-19)22(16-33-23,17-10-4-3-5-11-17)18-12-6-8-14-26-18/h3-15H,2,16,24H2,1H3,(H,29,31)(H2,25,28,32). The molecule has 10 heteroatoms. The molecule has 0 bridgehead atoms. The van der Waals surface area contributed by atoms with E-state index in [4.69, 9.17) is 5.84 Å². The number of urea groups is 1. The summed E-state index contributed by atoms with van der Waals surface area (Å²) < 4.78 is 0. The van der Waals surface area contributed by atoms with Crippen LogP contribution < -0.4 is 26.8 Å². The highest BCUT2D eigenvalue weighted by Crippen LogP contribution is 2.53. The van der Waals surface area contributed by atoms with E-state index < -0.39 is 22.5 Å². The Hall–Kier alpha value is -3.63. The number of thioether (sulfide) groups is 1. The zero-order valence-electron chi connectivity index (χ0n) is 18.1. The lowest BCUT2D eigenvalue weighted by Gasteiger charge is -2.45. The summed E-state index contributed by atoms with van der Waals surface area (Å²) in [5.74, 6) is 5.94. The summed E-state index contributed by atoms with van der Waals surface area (Å²) in [6.07, 6.45) is 3.35. The zero-order chi connectivity index (χ0) is 23.3. The zero-order valence-corrected chi connectivity index (χ0v) is 18.9. The van der Waals surface area contributed by atoms with Crippen molar-refractivity contribution >= 4 is 29.5 Å². The third-order valence-corrected chi connectivity index (χ3v) is 6.91. The molecule has 1 saturated heterocycles. The molecule has 3 heterocycles. The van der Waals surface area contributed by atoms with Gasteiger partial charge in [0.25, 0.3) is 5.91 Å².